The largest absolute Gasteiger partial charge is 0.468 e. The molecule has 0 bridgehead atoms. The van der Waals surface area contributed by atoms with E-state index >= 15 is 0 Å². The van der Waals surface area contributed by atoms with Gasteiger partial charge >= 0.3 is 0 Å². The van der Waals surface area contributed by atoms with Crippen molar-refractivity contribution in [3.8, 4) is 0 Å². The van der Waals surface area contributed by atoms with Gasteiger partial charge in [-0.15, -0.1) is 0 Å². The average Bonchev–Trinajstić information content (AvgIpc) is 2.37. The van der Waals surface area contributed by atoms with Gasteiger partial charge in [-0.05, 0) is 27.2 Å². The van der Waals surface area contributed by atoms with Gasteiger partial charge < -0.3 is 14.6 Å². The van der Waals surface area contributed by atoms with Gasteiger partial charge in [-0.25, -0.2) is 0 Å². The molecule has 3 heteroatoms. The van der Waals surface area contributed by atoms with Gasteiger partial charge in [0, 0.05) is 12.1 Å². The average molecular weight is 168 g/mol. The molecule has 1 heterocycles. The maximum absolute atomic E-state index is 5.32. The lowest BCUT2D eigenvalue weighted by Gasteiger charge is -2.08. The smallest absolute Gasteiger partial charge is 0.122 e. The molecule has 1 N–H and O–H groups in total. The number of furan rings is 1. The molecule has 1 aromatic heterocycles. The minimum atomic E-state index is 0.802. The molecule has 0 spiro atoms. The van der Waals surface area contributed by atoms with Crippen LogP contribution in [0, 0.1) is 0 Å². The summed E-state index contributed by atoms with van der Waals surface area (Å²) < 4.78 is 5.32. The lowest BCUT2D eigenvalue weighted by Crippen LogP contribution is -2.13. The lowest BCUT2D eigenvalue weighted by atomic mass is 10.2. The molecule has 1 rings (SSSR count). The number of rotatable bonds is 4. The first-order chi connectivity index (χ1) is 5.74. The highest BCUT2D eigenvalue weighted by molar-refractivity contribution is 5.16. The van der Waals surface area contributed by atoms with Crippen LogP contribution in [-0.2, 0) is 13.1 Å². The van der Waals surface area contributed by atoms with E-state index in [0.717, 1.165) is 18.8 Å². The minimum Gasteiger partial charge on any atom is -0.468 e. The predicted molar refractivity (Wildman–Crippen MR) is 48.9 cm³/mol. The van der Waals surface area contributed by atoms with Gasteiger partial charge in [-0.1, -0.05) is 0 Å². The van der Waals surface area contributed by atoms with Crippen molar-refractivity contribution in [3.63, 3.8) is 0 Å². The Labute approximate surface area is 73.4 Å². The Morgan fingerprint density at radius 3 is 2.83 bits per heavy atom. The molecular formula is C9H16N2O. The first-order valence-electron chi connectivity index (χ1n) is 4.08. The number of nitrogens with one attached hydrogen (secondary N) is 1. The van der Waals surface area contributed by atoms with E-state index in [1.807, 2.05) is 13.1 Å². The highest BCUT2D eigenvalue weighted by Crippen LogP contribution is 2.11. The van der Waals surface area contributed by atoms with Gasteiger partial charge in [-0.2, -0.15) is 0 Å². The molecule has 0 unspecified atom stereocenters. The van der Waals surface area contributed by atoms with Crippen LogP contribution in [0.2, 0.25) is 0 Å². The van der Waals surface area contributed by atoms with Gasteiger partial charge in [0.2, 0.25) is 0 Å². The van der Waals surface area contributed by atoms with Crippen LogP contribution < -0.4 is 5.32 Å². The third-order valence-electron chi connectivity index (χ3n) is 1.66. The van der Waals surface area contributed by atoms with E-state index < -0.39 is 0 Å². The van der Waals surface area contributed by atoms with E-state index in [1.54, 1.807) is 6.26 Å². The molecule has 0 amide bonds. The Morgan fingerprint density at radius 2 is 2.25 bits per heavy atom. The van der Waals surface area contributed by atoms with Gasteiger partial charge in [0.1, 0.15) is 5.76 Å². The molecule has 0 radical (unpaired) electrons. The Balaban J connectivity index is 2.63. The van der Waals surface area contributed by atoms with Gasteiger partial charge in [0.05, 0.1) is 12.8 Å². The van der Waals surface area contributed by atoms with E-state index in [-0.39, 0.29) is 0 Å². The summed E-state index contributed by atoms with van der Waals surface area (Å²) in [5, 5.41) is 3.07. The van der Waals surface area contributed by atoms with E-state index in [1.165, 1.54) is 5.56 Å². The Bertz CT molecular complexity index is 230. The molecule has 0 aliphatic rings. The monoisotopic (exact) mass is 168 g/mol. The van der Waals surface area contributed by atoms with Crippen LogP contribution in [0.5, 0.6) is 0 Å². The van der Waals surface area contributed by atoms with Gasteiger partial charge in [0.15, 0.2) is 0 Å². The van der Waals surface area contributed by atoms with Crippen molar-refractivity contribution in [2.75, 3.05) is 21.1 Å². The van der Waals surface area contributed by atoms with Crippen molar-refractivity contribution in [2.24, 2.45) is 0 Å². The van der Waals surface area contributed by atoms with Crippen molar-refractivity contribution in [1.82, 2.24) is 10.2 Å². The quantitative estimate of drug-likeness (QED) is 0.728. The third kappa shape index (κ3) is 2.36. The van der Waals surface area contributed by atoms with Gasteiger partial charge in [-0.3, -0.25) is 0 Å². The molecule has 1 aromatic rings. The molecule has 68 valence electrons. The van der Waals surface area contributed by atoms with Crippen LogP contribution in [0.25, 0.3) is 0 Å². The highest BCUT2D eigenvalue weighted by Gasteiger charge is 2.05. The molecule has 0 saturated heterocycles. The fourth-order valence-corrected chi connectivity index (χ4v) is 1.16. The van der Waals surface area contributed by atoms with Crippen molar-refractivity contribution in [1.29, 1.82) is 0 Å². The van der Waals surface area contributed by atoms with Crippen molar-refractivity contribution in [3.05, 3.63) is 23.7 Å². The van der Waals surface area contributed by atoms with E-state index in [0.29, 0.717) is 0 Å². The topological polar surface area (TPSA) is 28.4 Å². The molecular weight excluding hydrogens is 152 g/mol. The van der Waals surface area contributed by atoms with Crippen molar-refractivity contribution >= 4 is 0 Å². The fraction of sp³-hybridized carbons (Fsp3) is 0.556. The van der Waals surface area contributed by atoms with Gasteiger partial charge in [0.25, 0.3) is 0 Å². The fourth-order valence-electron chi connectivity index (χ4n) is 1.16. The molecule has 0 aliphatic carbocycles. The summed E-state index contributed by atoms with van der Waals surface area (Å²) in [6.45, 7) is 1.74. The first-order valence-corrected chi connectivity index (χ1v) is 4.08. The lowest BCUT2D eigenvalue weighted by molar-refractivity contribution is 0.392. The van der Waals surface area contributed by atoms with E-state index in [4.69, 9.17) is 4.42 Å². The standard InChI is InChI=1S/C9H16N2O/c1-10-6-9-8(4-5-12-9)7-11(2)3/h4-5,10H,6-7H2,1-3H3. The van der Waals surface area contributed by atoms with E-state index in [2.05, 4.69) is 24.3 Å². The Hall–Kier alpha value is -0.800. The zero-order chi connectivity index (χ0) is 8.97. The van der Waals surface area contributed by atoms with Crippen LogP contribution in [-0.4, -0.2) is 26.0 Å². The molecule has 12 heavy (non-hydrogen) atoms. The minimum absolute atomic E-state index is 0.802. The molecule has 0 saturated carbocycles. The second-order valence-electron chi connectivity index (χ2n) is 3.14. The number of hydrogen-bond donors (Lipinski definition) is 1. The third-order valence-corrected chi connectivity index (χ3v) is 1.66. The number of nitrogens with zero attached hydrogens (tertiary/aromatic N) is 1. The zero-order valence-corrected chi connectivity index (χ0v) is 7.92. The SMILES string of the molecule is CNCc1occc1CN(C)C. The van der Waals surface area contributed by atoms with Crippen LogP contribution in [0.4, 0.5) is 0 Å². The summed E-state index contributed by atoms with van der Waals surface area (Å²) in [5.74, 6) is 1.03. The summed E-state index contributed by atoms with van der Waals surface area (Å²) in [7, 11) is 6.02. The van der Waals surface area contributed by atoms with Crippen LogP contribution in [0.1, 0.15) is 11.3 Å². The molecule has 3 nitrogen and oxygen atoms in total. The molecule has 0 fully saturated rings. The van der Waals surface area contributed by atoms with Crippen molar-refractivity contribution < 1.29 is 4.42 Å². The first kappa shape index (κ1) is 9.29. The highest BCUT2D eigenvalue weighted by atomic mass is 16.3. The zero-order valence-electron chi connectivity index (χ0n) is 7.92. The predicted octanol–water partition coefficient (Wildman–Crippen LogP) is 1.06. The summed E-state index contributed by atoms with van der Waals surface area (Å²) in [6.07, 6.45) is 1.74. The second-order valence-corrected chi connectivity index (χ2v) is 3.14. The number of hydrogen-bond acceptors (Lipinski definition) is 3. The Kier molecular flexibility index (Phi) is 3.31. The van der Waals surface area contributed by atoms with Crippen LogP contribution in [0.3, 0.4) is 0 Å². The van der Waals surface area contributed by atoms with Crippen LogP contribution in [0.15, 0.2) is 16.7 Å². The van der Waals surface area contributed by atoms with Crippen molar-refractivity contribution in [2.45, 2.75) is 13.1 Å². The second kappa shape index (κ2) is 4.28. The van der Waals surface area contributed by atoms with E-state index in [9.17, 15) is 0 Å². The summed E-state index contributed by atoms with van der Waals surface area (Å²) in [5.41, 5.74) is 1.26. The maximum atomic E-state index is 5.32. The summed E-state index contributed by atoms with van der Waals surface area (Å²) >= 11 is 0. The molecule has 0 aliphatic heterocycles. The summed E-state index contributed by atoms with van der Waals surface area (Å²) in [6, 6.07) is 2.02. The maximum Gasteiger partial charge on any atom is 0.122 e. The summed E-state index contributed by atoms with van der Waals surface area (Å²) in [4.78, 5) is 2.13. The van der Waals surface area contributed by atoms with Crippen LogP contribution >= 0.6 is 0 Å². The normalized spacial score (nSPS) is 11.0. The molecule has 0 atom stereocenters. The molecule has 0 aromatic carbocycles. The Morgan fingerprint density at radius 1 is 1.50 bits per heavy atom.